The lowest BCUT2D eigenvalue weighted by atomic mass is 10.0. The highest BCUT2D eigenvalue weighted by Gasteiger charge is 1.98. The van der Waals surface area contributed by atoms with E-state index in [9.17, 15) is 4.79 Å². The molecule has 0 aliphatic heterocycles. The normalized spacial score (nSPS) is 9.17. The molecule has 2 aromatic carbocycles. The lowest BCUT2D eigenvalue weighted by Gasteiger charge is -2.04. The van der Waals surface area contributed by atoms with Gasteiger partial charge in [0, 0.05) is 12.1 Å². The van der Waals surface area contributed by atoms with Crippen LogP contribution in [0.3, 0.4) is 0 Å². The Balaban J connectivity index is 0.000000357. The maximum absolute atomic E-state index is 9.17. The monoisotopic (exact) mass is 241 g/mol. The summed E-state index contributed by atoms with van der Waals surface area (Å²) in [5.74, 6) is 0. The van der Waals surface area contributed by atoms with Crippen LogP contribution in [0.2, 0.25) is 0 Å². The molecule has 2 heteroatoms. The molecule has 2 rings (SSSR count). The molecule has 0 spiro atoms. The Morgan fingerprint density at radius 1 is 1.00 bits per heavy atom. The van der Waals surface area contributed by atoms with Crippen molar-refractivity contribution in [1.82, 2.24) is 0 Å². The minimum Gasteiger partial charge on any atom is -0.398 e. The van der Waals surface area contributed by atoms with Gasteiger partial charge in [0.2, 0.25) is 0 Å². The second kappa shape index (κ2) is 8.07. The zero-order valence-corrected chi connectivity index (χ0v) is 10.7. The summed E-state index contributed by atoms with van der Waals surface area (Å²) in [6, 6.07) is 18.4. The number of hydrogen-bond donors (Lipinski definition) is 1. The van der Waals surface area contributed by atoms with Gasteiger partial charge in [-0.2, -0.15) is 0 Å². The van der Waals surface area contributed by atoms with Gasteiger partial charge in [0.05, 0.1) is 0 Å². The third kappa shape index (κ3) is 4.83. The third-order valence-corrected chi connectivity index (χ3v) is 2.46. The summed E-state index contributed by atoms with van der Waals surface area (Å²) in [6.45, 7) is 1.81. The summed E-state index contributed by atoms with van der Waals surface area (Å²) in [7, 11) is 0. The molecule has 0 atom stereocenters. The third-order valence-electron chi connectivity index (χ3n) is 2.46. The molecule has 0 aliphatic rings. The molecule has 0 saturated heterocycles. The van der Waals surface area contributed by atoms with Crippen molar-refractivity contribution in [1.29, 1.82) is 0 Å². The first kappa shape index (κ1) is 14.0. The predicted octanol–water partition coefficient (Wildman–Crippen LogP) is 3.45. The Morgan fingerprint density at radius 2 is 1.56 bits per heavy atom. The number of aldehydes is 1. The van der Waals surface area contributed by atoms with Gasteiger partial charge in [0.25, 0.3) is 0 Å². The van der Waals surface area contributed by atoms with E-state index in [0.29, 0.717) is 6.42 Å². The average molecular weight is 241 g/mol. The van der Waals surface area contributed by atoms with Crippen molar-refractivity contribution in [3.05, 3.63) is 65.7 Å². The minimum atomic E-state index is 0.639. The van der Waals surface area contributed by atoms with Gasteiger partial charge in [0.1, 0.15) is 6.29 Å². The highest BCUT2D eigenvalue weighted by molar-refractivity contribution is 5.48. The van der Waals surface area contributed by atoms with Crippen LogP contribution in [-0.4, -0.2) is 6.29 Å². The molecule has 0 unspecified atom stereocenters. The van der Waals surface area contributed by atoms with Crippen molar-refractivity contribution in [3.63, 3.8) is 0 Å². The zero-order chi connectivity index (χ0) is 13.2. The molecule has 94 valence electrons. The lowest BCUT2D eigenvalue weighted by molar-refractivity contribution is -0.107. The molecule has 0 aromatic heterocycles. The van der Waals surface area contributed by atoms with Crippen molar-refractivity contribution in [2.45, 2.75) is 19.8 Å². The second-order valence-corrected chi connectivity index (χ2v) is 3.94. The van der Waals surface area contributed by atoms with Crippen molar-refractivity contribution in [2.24, 2.45) is 0 Å². The molecule has 2 aromatic rings. The van der Waals surface area contributed by atoms with Crippen molar-refractivity contribution in [3.8, 4) is 0 Å². The fourth-order valence-electron chi connectivity index (χ4n) is 1.51. The van der Waals surface area contributed by atoms with Crippen LogP contribution in [-0.2, 0) is 11.2 Å². The molecule has 0 fully saturated rings. The zero-order valence-electron chi connectivity index (χ0n) is 10.7. The SMILES string of the molecule is CCC=O.Nc1ccccc1Cc1ccccc1. The van der Waals surface area contributed by atoms with Gasteiger partial charge in [-0.3, -0.25) is 0 Å². The van der Waals surface area contributed by atoms with Crippen LogP contribution < -0.4 is 5.73 Å². The number of carbonyl (C=O) groups is 1. The second-order valence-electron chi connectivity index (χ2n) is 3.94. The summed E-state index contributed by atoms with van der Waals surface area (Å²) in [6.07, 6.45) is 2.42. The van der Waals surface area contributed by atoms with Gasteiger partial charge in [-0.25, -0.2) is 0 Å². The standard InChI is InChI=1S/C13H13N.C3H6O/c14-13-9-5-4-8-12(13)10-11-6-2-1-3-7-11;1-2-3-4/h1-9H,10,14H2;3H,2H2,1H3. The van der Waals surface area contributed by atoms with Crippen molar-refractivity contribution < 1.29 is 4.79 Å². The summed E-state index contributed by atoms with van der Waals surface area (Å²) < 4.78 is 0. The maximum Gasteiger partial charge on any atom is 0.119 e. The Kier molecular flexibility index (Phi) is 6.26. The quantitative estimate of drug-likeness (QED) is 0.660. The molecule has 0 heterocycles. The molecule has 0 radical (unpaired) electrons. The van der Waals surface area contributed by atoms with E-state index in [2.05, 4.69) is 30.3 Å². The van der Waals surface area contributed by atoms with Crippen LogP contribution >= 0.6 is 0 Å². The Bertz CT molecular complexity index is 466. The largest absolute Gasteiger partial charge is 0.398 e. The molecule has 0 aliphatic carbocycles. The molecule has 2 N–H and O–H groups in total. The Morgan fingerprint density at radius 3 is 2.11 bits per heavy atom. The Labute approximate surface area is 108 Å². The summed E-state index contributed by atoms with van der Waals surface area (Å²) in [5, 5.41) is 0. The number of nitrogen functional groups attached to an aromatic ring is 1. The summed E-state index contributed by atoms with van der Waals surface area (Å²) >= 11 is 0. The van der Waals surface area contributed by atoms with Crippen LogP contribution in [0, 0.1) is 0 Å². The molecule has 0 amide bonds. The van der Waals surface area contributed by atoms with E-state index in [1.54, 1.807) is 0 Å². The van der Waals surface area contributed by atoms with E-state index in [-0.39, 0.29) is 0 Å². The molecule has 0 bridgehead atoms. The fraction of sp³-hybridized carbons (Fsp3) is 0.188. The van der Waals surface area contributed by atoms with Crippen molar-refractivity contribution >= 4 is 12.0 Å². The van der Waals surface area contributed by atoms with Gasteiger partial charge in [-0.15, -0.1) is 0 Å². The summed E-state index contributed by atoms with van der Waals surface area (Å²) in [5.41, 5.74) is 9.23. The topological polar surface area (TPSA) is 43.1 Å². The molecular weight excluding hydrogens is 222 g/mol. The van der Waals surface area contributed by atoms with E-state index in [1.165, 1.54) is 11.1 Å². The number of benzene rings is 2. The highest BCUT2D eigenvalue weighted by atomic mass is 16.1. The number of anilines is 1. The number of para-hydroxylation sites is 1. The minimum absolute atomic E-state index is 0.639. The van der Waals surface area contributed by atoms with Crippen molar-refractivity contribution in [2.75, 3.05) is 5.73 Å². The van der Waals surface area contributed by atoms with E-state index in [0.717, 1.165) is 18.4 Å². The van der Waals surface area contributed by atoms with Crippen LogP contribution in [0.25, 0.3) is 0 Å². The molecule has 0 saturated carbocycles. The van der Waals surface area contributed by atoms with Gasteiger partial charge < -0.3 is 10.5 Å². The number of rotatable bonds is 3. The first-order chi connectivity index (χ1) is 8.77. The maximum atomic E-state index is 9.17. The average Bonchev–Trinajstić information content (AvgIpc) is 2.43. The van der Waals surface area contributed by atoms with Crippen LogP contribution in [0.5, 0.6) is 0 Å². The fourth-order valence-corrected chi connectivity index (χ4v) is 1.51. The number of hydrogen-bond acceptors (Lipinski definition) is 2. The predicted molar refractivity (Wildman–Crippen MR) is 76.5 cm³/mol. The van der Waals surface area contributed by atoms with Crippen LogP contribution in [0.4, 0.5) is 5.69 Å². The number of nitrogens with two attached hydrogens (primary N) is 1. The highest BCUT2D eigenvalue weighted by Crippen LogP contribution is 2.15. The van der Waals surface area contributed by atoms with Gasteiger partial charge >= 0.3 is 0 Å². The van der Waals surface area contributed by atoms with E-state index in [1.807, 2.05) is 31.2 Å². The van der Waals surface area contributed by atoms with E-state index in [4.69, 9.17) is 5.73 Å². The molecule has 18 heavy (non-hydrogen) atoms. The first-order valence-electron chi connectivity index (χ1n) is 6.08. The van der Waals surface area contributed by atoms with Gasteiger partial charge in [-0.1, -0.05) is 55.5 Å². The van der Waals surface area contributed by atoms with Crippen LogP contribution in [0.1, 0.15) is 24.5 Å². The lowest BCUT2D eigenvalue weighted by Crippen LogP contribution is -1.94. The Hall–Kier alpha value is -2.09. The van der Waals surface area contributed by atoms with Crippen LogP contribution in [0.15, 0.2) is 54.6 Å². The summed E-state index contributed by atoms with van der Waals surface area (Å²) in [4.78, 5) is 9.17. The van der Waals surface area contributed by atoms with E-state index < -0.39 is 0 Å². The van der Waals surface area contributed by atoms with E-state index >= 15 is 0 Å². The van der Waals surface area contributed by atoms with Gasteiger partial charge in [0.15, 0.2) is 0 Å². The first-order valence-corrected chi connectivity index (χ1v) is 6.08. The molecule has 2 nitrogen and oxygen atoms in total. The molecular formula is C16H19NO. The van der Waals surface area contributed by atoms with Gasteiger partial charge in [-0.05, 0) is 23.6 Å². The number of carbonyl (C=O) groups excluding carboxylic acids is 1. The smallest absolute Gasteiger partial charge is 0.119 e.